The fraction of sp³-hybridized carbons (Fsp3) is 0.348. The van der Waals surface area contributed by atoms with Gasteiger partial charge in [0.15, 0.2) is 0 Å². The Morgan fingerprint density at radius 2 is 1.81 bits per heavy atom. The van der Waals surface area contributed by atoms with Crippen LogP contribution in [0.3, 0.4) is 0 Å². The molecule has 2 aromatic carbocycles. The Bertz CT molecular complexity index is 932. The molecule has 166 valence electrons. The zero-order valence-corrected chi connectivity index (χ0v) is 19.1. The molecule has 0 saturated heterocycles. The fourth-order valence-corrected chi connectivity index (χ4v) is 4.76. The molecular formula is C23H29N3O4S. The number of hydrogen-bond acceptors (Lipinski definition) is 5. The summed E-state index contributed by atoms with van der Waals surface area (Å²) in [6.07, 6.45) is 7.99. The number of thioether (sulfide) groups is 1. The number of hydrogen-bond donors (Lipinski definition) is 1. The van der Waals surface area contributed by atoms with Gasteiger partial charge in [-0.3, -0.25) is 0 Å². The van der Waals surface area contributed by atoms with Gasteiger partial charge < -0.3 is 14.5 Å². The molecule has 1 heterocycles. The highest BCUT2D eigenvalue weighted by Gasteiger charge is 2.15. The molecule has 0 radical (unpaired) electrons. The van der Waals surface area contributed by atoms with Crippen LogP contribution in [0.2, 0.25) is 0 Å². The molecule has 0 bridgehead atoms. The van der Waals surface area contributed by atoms with Gasteiger partial charge in [0.05, 0.1) is 13.4 Å². The SMILES string of the molecule is COc1ccc(CCC(Cn2ccnc2)Sc2c(C)cc(C)cc2C)cc1.O=[N+]([O-])O. The minimum absolute atomic E-state index is 0.487. The predicted molar refractivity (Wildman–Crippen MR) is 123 cm³/mol. The zero-order chi connectivity index (χ0) is 22.8. The average Bonchev–Trinajstić information content (AvgIpc) is 3.21. The Morgan fingerprint density at radius 1 is 1.19 bits per heavy atom. The summed E-state index contributed by atoms with van der Waals surface area (Å²) in [7, 11) is 1.71. The Hall–Kier alpha value is -3.00. The van der Waals surface area contributed by atoms with Crippen LogP contribution >= 0.6 is 11.8 Å². The zero-order valence-electron chi connectivity index (χ0n) is 18.3. The van der Waals surface area contributed by atoms with E-state index in [1.54, 1.807) is 7.11 Å². The number of rotatable bonds is 8. The highest BCUT2D eigenvalue weighted by molar-refractivity contribution is 8.00. The second kappa shape index (κ2) is 12.0. The Balaban J connectivity index is 0.000000785. The van der Waals surface area contributed by atoms with E-state index < -0.39 is 5.09 Å². The third-order valence-corrected chi connectivity index (χ3v) is 6.37. The van der Waals surface area contributed by atoms with Gasteiger partial charge in [-0.2, -0.15) is 0 Å². The van der Waals surface area contributed by atoms with Crippen molar-refractivity contribution in [2.24, 2.45) is 0 Å². The van der Waals surface area contributed by atoms with Crippen LogP contribution in [0.25, 0.3) is 0 Å². The lowest BCUT2D eigenvalue weighted by Gasteiger charge is -2.20. The topological polar surface area (TPSA) is 90.4 Å². The van der Waals surface area contributed by atoms with Crippen LogP contribution in [0.15, 0.2) is 60.0 Å². The number of ether oxygens (including phenoxy) is 1. The maximum absolute atomic E-state index is 8.36. The van der Waals surface area contributed by atoms with Crippen molar-refractivity contribution in [3.8, 4) is 5.75 Å². The highest BCUT2D eigenvalue weighted by Crippen LogP contribution is 2.33. The molecule has 3 aromatic rings. The van der Waals surface area contributed by atoms with Gasteiger partial charge in [0.25, 0.3) is 5.09 Å². The summed E-state index contributed by atoms with van der Waals surface area (Å²) in [6.45, 7) is 7.58. The second-order valence-corrected chi connectivity index (χ2v) is 8.66. The van der Waals surface area contributed by atoms with Gasteiger partial charge in [-0.1, -0.05) is 29.8 Å². The molecule has 0 aliphatic rings. The summed E-state index contributed by atoms with van der Waals surface area (Å²) in [4.78, 5) is 14.0. The first-order valence-electron chi connectivity index (χ1n) is 9.95. The Labute approximate surface area is 187 Å². The molecule has 1 atom stereocenters. The van der Waals surface area contributed by atoms with Crippen molar-refractivity contribution in [2.45, 2.75) is 50.3 Å². The van der Waals surface area contributed by atoms with Crippen molar-refractivity contribution in [1.82, 2.24) is 9.55 Å². The van der Waals surface area contributed by atoms with Crippen LogP contribution in [0.5, 0.6) is 5.75 Å². The van der Waals surface area contributed by atoms with E-state index in [2.05, 4.69) is 60.8 Å². The van der Waals surface area contributed by atoms with Crippen molar-refractivity contribution in [2.75, 3.05) is 7.11 Å². The first-order valence-corrected chi connectivity index (χ1v) is 10.8. The lowest BCUT2D eigenvalue weighted by Crippen LogP contribution is -2.14. The molecule has 1 N–H and O–H groups in total. The quantitative estimate of drug-likeness (QED) is 0.290. The van der Waals surface area contributed by atoms with Crippen LogP contribution in [-0.4, -0.2) is 32.2 Å². The average molecular weight is 444 g/mol. The minimum atomic E-state index is -1.50. The van der Waals surface area contributed by atoms with Gasteiger partial charge in [-0.05, 0) is 62.4 Å². The first-order chi connectivity index (χ1) is 14.8. The maximum atomic E-state index is 8.36. The standard InChI is InChI=1S/C23H28N2OS.HNO3/c1-17-13-18(2)23(19(3)14-17)27-22(15-25-12-11-24-16-25)10-7-20-5-8-21(26-4)9-6-20;2-1(3)4/h5-6,8-9,11-14,16,22H,7,10,15H2,1-4H3;(H,2,3,4). The smallest absolute Gasteiger partial charge is 0.291 e. The van der Waals surface area contributed by atoms with E-state index in [1.165, 1.54) is 27.1 Å². The minimum Gasteiger partial charge on any atom is -0.497 e. The lowest BCUT2D eigenvalue weighted by molar-refractivity contribution is -0.742. The monoisotopic (exact) mass is 443 g/mol. The van der Waals surface area contributed by atoms with Crippen LogP contribution in [0.1, 0.15) is 28.7 Å². The van der Waals surface area contributed by atoms with E-state index in [1.807, 2.05) is 36.4 Å². The molecule has 31 heavy (non-hydrogen) atoms. The molecule has 1 aromatic heterocycles. The van der Waals surface area contributed by atoms with E-state index in [4.69, 9.17) is 20.1 Å². The van der Waals surface area contributed by atoms with Crippen LogP contribution in [-0.2, 0) is 13.0 Å². The molecule has 0 fully saturated rings. The summed E-state index contributed by atoms with van der Waals surface area (Å²) >= 11 is 2.00. The van der Waals surface area contributed by atoms with Crippen molar-refractivity contribution in [3.63, 3.8) is 0 Å². The van der Waals surface area contributed by atoms with Gasteiger partial charge >= 0.3 is 0 Å². The van der Waals surface area contributed by atoms with E-state index in [0.717, 1.165) is 25.1 Å². The largest absolute Gasteiger partial charge is 0.497 e. The number of aryl methyl sites for hydroxylation is 4. The second-order valence-electron chi connectivity index (χ2n) is 7.35. The molecule has 0 amide bonds. The van der Waals surface area contributed by atoms with E-state index in [9.17, 15) is 0 Å². The van der Waals surface area contributed by atoms with E-state index in [0.29, 0.717) is 5.25 Å². The van der Waals surface area contributed by atoms with Gasteiger partial charge in [0.1, 0.15) is 5.75 Å². The normalized spacial score (nSPS) is 11.4. The number of aromatic nitrogens is 2. The highest BCUT2D eigenvalue weighted by atomic mass is 32.2. The molecule has 0 spiro atoms. The lowest BCUT2D eigenvalue weighted by atomic mass is 10.1. The van der Waals surface area contributed by atoms with Crippen LogP contribution in [0.4, 0.5) is 0 Å². The maximum Gasteiger partial charge on any atom is 0.291 e. The van der Waals surface area contributed by atoms with E-state index in [-0.39, 0.29) is 0 Å². The molecular weight excluding hydrogens is 414 g/mol. The Morgan fingerprint density at radius 3 is 2.32 bits per heavy atom. The first kappa shape index (κ1) is 24.3. The summed E-state index contributed by atoms with van der Waals surface area (Å²) in [6, 6.07) is 13.0. The Kier molecular flexibility index (Phi) is 9.40. The van der Waals surface area contributed by atoms with E-state index >= 15 is 0 Å². The number of benzene rings is 2. The van der Waals surface area contributed by atoms with Crippen LogP contribution in [0, 0.1) is 30.9 Å². The predicted octanol–water partition coefficient (Wildman–Crippen LogP) is 5.26. The number of nitrogens with zero attached hydrogens (tertiary/aromatic N) is 3. The number of imidazole rings is 1. The number of methoxy groups -OCH3 is 1. The summed E-state index contributed by atoms with van der Waals surface area (Å²) in [5, 5.41) is 14.1. The van der Waals surface area contributed by atoms with Gasteiger partial charge in [0, 0.05) is 29.1 Å². The summed E-state index contributed by atoms with van der Waals surface area (Å²) < 4.78 is 7.45. The van der Waals surface area contributed by atoms with Crippen molar-refractivity contribution < 1.29 is 15.0 Å². The summed E-state index contributed by atoms with van der Waals surface area (Å²) in [5.41, 5.74) is 5.43. The van der Waals surface area contributed by atoms with Crippen molar-refractivity contribution in [1.29, 1.82) is 0 Å². The molecule has 1 unspecified atom stereocenters. The molecule has 0 saturated carbocycles. The van der Waals surface area contributed by atoms with Crippen molar-refractivity contribution in [3.05, 3.63) is 87.5 Å². The van der Waals surface area contributed by atoms with Gasteiger partial charge in [-0.15, -0.1) is 21.9 Å². The molecule has 0 aliphatic carbocycles. The third-order valence-electron chi connectivity index (χ3n) is 4.78. The molecule has 3 rings (SSSR count). The molecule has 0 aliphatic heterocycles. The van der Waals surface area contributed by atoms with Crippen LogP contribution < -0.4 is 4.74 Å². The molecule has 7 nitrogen and oxygen atoms in total. The molecule has 8 heteroatoms. The van der Waals surface area contributed by atoms with Gasteiger partial charge in [0.2, 0.25) is 0 Å². The van der Waals surface area contributed by atoms with Crippen molar-refractivity contribution >= 4 is 11.8 Å². The van der Waals surface area contributed by atoms with Gasteiger partial charge in [-0.25, -0.2) is 4.98 Å². The summed E-state index contributed by atoms with van der Waals surface area (Å²) in [5.74, 6) is 0.911. The fourth-order valence-electron chi connectivity index (χ4n) is 3.46. The third kappa shape index (κ3) is 8.33.